The number of hydrogen-bond donors (Lipinski definition) is 1. The summed E-state index contributed by atoms with van der Waals surface area (Å²) in [6.45, 7) is 5.09. The van der Waals surface area contributed by atoms with E-state index in [2.05, 4.69) is 16.9 Å². The predicted octanol–water partition coefficient (Wildman–Crippen LogP) is 3.33. The van der Waals surface area contributed by atoms with Crippen LogP contribution in [-0.4, -0.2) is 32.9 Å². The highest BCUT2D eigenvalue weighted by molar-refractivity contribution is 6.30. The summed E-state index contributed by atoms with van der Waals surface area (Å²) in [7, 11) is 1.98. The van der Waals surface area contributed by atoms with Crippen molar-refractivity contribution in [3.05, 3.63) is 52.3 Å². The fraction of sp³-hybridized carbons (Fsp3) is 0.500. The molecule has 3 rings (SSSR count). The fourth-order valence-corrected chi connectivity index (χ4v) is 3.43. The summed E-state index contributed by atoms with van der Waals surface area (Å²) in [6, 6.07) is 7.55. The number of hydrogen-bond acceptors (Lipinski definition) is 3. The minimum atomic E-state index is -0.394. The van der Waals surface area contributed by atoms with Gasteiger partial charge in [0.1, 0.15) is 0 Å². The maximum Gasteiger partial charge on any atom is 0.0819 e. The van der Waals surface area contributed by atoms with Crippen LogP contribution in [0.4, 0.5) is 0 Å². The molecule has 1 aliphatic heterocycles. The molecule has 1 atom stereocenters. The van der Waals surface area contributed by atoms with E-state index in [-0.39, 0.29) is 0 Å². The van der Waals surface area contributed by atoms with Crippen LogP contribution in [0.15, 0.2) is 30.5 Å². The van der Waals surface area contributed by atoms with Crippen LogP contribution >= 0.6 is 11.6 Å². The van der Waals surface area contributed by atoms with Gasteiger partial charge in [0, 0.05) is 29.9 Å². The molecule has 0 radical (unpaired) electrons. The topological polar surface area (TPSA) is 41.3 Å². The van der Waals surface area contributed by atoms with E-state index in [1.165, 1.54) is 11.3 Å². The summed E-state index contributed by atoms with van der Waals surface area (Å²) < 4.78 is 1.92. The van der Waals surface area contributed by atoms with E-state index in [9.17, 15) is 5.11 Å². The van der Waals surface area contributed by atoms with Crippen molar-refractivity contribution in [1.29, 1.82) is 0 Å². The van der Waals surface area contributed by atoms with E-state index >= 15 is 0 Å². The molecule has 1 fully saturated rings. The predicted molar refractivity (Wildman–Crippen MR) is 92.4 cm³/mol. The average molecular weight is 334 g/mol. The monoisotopic (exact) mass is 333 g/mol. The molecule has 1 aliphatic rings. The van der Waals surface area contributed by atoms with E-state index < -0.39 is 6.10 Å². The van der Waals surface area contributed by atoms with Crippen molar-refractivity contribution in [2.24, 2.45) is 13.0 Å². The Morgan fingerprint density at radius 1 is 1.26 bits per heavy atom. The minimum Gasteiger partial charge on any atom is -0.388 e. The minimum absolute atomic E-state index is 0.322. The summed E-state index contributed by atoms with van der Waals surface area (Å²) in [4.78, 5) is 2.45. The van der Waals surface area contributed by atoms with Gasteiger partial charge in [-0.25, -0.2) is 0 Å². The lowest BCUT2D eigenvalue weighted by Crippen LogP contribution is -2.35. The highest BCUT2D eigenvalue weighted by Gasteiger charge is 2.26. The first-order valence-electron chi connectivity index (χ1n) is 8.18. The zero-order chi connectivity index (χ0) is 16.4. The van der Waals surface area contributed by atoms with Gasteiger partial charge in [-0.3, -0.25) is 9.58 Å². The molecule has 0 spiro atoms. The molecule has 124 valence electrons. The van der Waals surface area contributed by atoms with Gasteiger partial charge in [0.05, 0.1) is 12.3 Å². The SMILES string of the molecule is Cc1c(CN2CCC(C(O)c3ccc(Cl)cc3)CC2)cnn1C. The standard InChI is InChI=1S/C18H24ClN3O/c1-13-16(11-20-21(13)2)12-22-9-7-15(8-10-22)18(23)14-3-5-17(19)6-4-14/h3-6,11,15,18,23H,7-10,12H2,1-2H3. The summed E-state index contributed by atoms with van der Waals surface area (Å²) in [5.41, 5.74) is 3.49. The number of aliphatic hydroxyl groups excluding tert-OH is 1. The van der Waals surface area contributed by atoms with Crippen molar-refractivity contribution in [1.82, 2.24) is 14.7 Å². The largest absolute Gasteiger partial charge is 0.388 e. The number of benzene rings is 1. The van der Waals surface area contributed by atoms with Gasteiger partial charge in [-0.2, -0.15) is 5.10 Å². The smallest absolute Gasteiger partial charge is 0.0819 e. The van der Waals surface area contributed by atoms with Gasteiger partial charge in [0.2, 0.25) is 0 Å². The second kappa shape index (κ2) is 7.04. The molecule has 1 unspecified atom stereocenters. The molecule has 0 bridgehead atoms. The third-order valence-electron chi connectivity index (χ3n) is 5.02. The van der Waals surface area contributed by atoms with Gasteiger partial charge >= 0.3 is 0 Å². The zero-order valence-electron chi connectivity index (χ0n) is 13.7. The Morgan fingerprint density at radius 3 is 2.48 bits per heavy atom. The third-order valence-corrected chi connectivity index (χ3v) is 5.27. The van der Waals surface area contributed by atoms with E-state index in [1.54, 1.807) is 0 Å². The molecular weight excluding hydrogens is 310 g/mol. The van der Waals surface area contributed by atoms with Crippen LogP contribution < -0.4 is 0 Å². The summed E-state index contributed by atoms with van der Waals surface area (Å²) in [5.74, 6) is 0.322. The van der Waals surface area contributed by atoms with Crippen molar-refractivity contribution in [2.75, 3.05) is 13.1 Å². The number of rotatable bonds is 4. The maximum atomic E-state index is 10.6. The van der Waals surface area contributed by atoms with Crippen molar-refractivity contribution in [3.8, 4) is 0 Å². The van der Waals surface area contributed by atoms with E-state index in [0.29, 0.717) is 10.9 Å². The fourth-order valence-electron chi connectivity index (χ4n) is 3.30. The van der Waals surface area contributed by atoms with Gasteiger partial charge in [-0.15, -0.1) is 0 Å². The molecule has 2 heterocycles. The van der Waals surface area contributed by atoms with Crippen LogP contribution in [0.1, 0.15) is 35.8 Å². The van der Waals surface area contributed by atoms with Crippen LogP contribution in [0.5, 0.6) is 0 Å². The molecule has 0 amide bonds. The summed E-state index contributed by atoms with van der Waals surface area (Å²) >= 11 is 5.92. The van der Waals surface area contributed by atoms with Crippen LogP contribution in [-0.2, 0) is 13.6 Å². The Hall–Kier alpha value is -1.36. The average Bonchev–Trinajstić information content (AvgIpc) is 2.88. The lowest BCUT2D eigenvalue weighted by molar-refractivity contribution is 0.0567. The Balaban J connectivity index is 1.55. The van der Waals surface area contributed by atoms with E-state index in [4.69, 9.17) is 11.6 Å². The lowest BCUT2D eigenvalue weighted by atomic mass is 9.87. The summed E-state index contributed by atoms with van der Waals surface area (Å²) in [5, 5.41) is 15.6. The number of aliphatic hydroxyl groups is 1. The number of aromatic nitrogens is 2. The van der Waals surface area contributed by atoms with Gasteiger partial charge in [0.15, 0.2) is 0 Å². The number of piperidine rings is 1. The molecule has 1 N–H and O–H groups in total. The molecule has 1 aromatic carbocycles. The number of halogens is 1. The van der Waals surface area contributed by atoms with Crippen LogP contribution in [0.3, 0.4) is 0 Å². The Labute approximate surface area is 142 Å². The van der Waals surface area contributed by atoms with Crippen LogP contribution in [0, 0.1) is 12.8 Å². The number of aryl methyl sites for hydroxylation is 1. The third kappa shape index (κ3) is 3.77. The highest BCUT2D eigenvalue weighted by atomic mass is 35.5. The molecule has 5 heteroatoms. The molecule has 2 aromatic rings. The molecule has 0 aliphatic carbocycles. The van der Waals surface area contributed by atoms with Gasteiger partial charge in [0.25, 0.3) is 0 Å². The second-order valence-corrected chi connectivity index (χ2v) is 6.93. The van der Waals surface area contributed by atoms with Crippen molar-refractivity contribution < 1.29 is 5.11 Å². The summed E-state index contributed by atoms with van der Waals surface area (Å²) in [6.07, 6.45) is 3.60. The molecule has 1 saturated heterocycles. The van der Waals surface area contributed by atoms with E-state index in [0.717, 1.165) is 38.0 Å². The van der Waals surface area contributed by atoms with Crippen LogP contribution in [0.25, 0.3) is 0 Å². The molecule has 1 aromatic heterocycles. The van der Waals surface area contributed by atoms with Crippen molar-refractivity contribution >= 4 is 11.6 Å². The Bertz CT molecular complexity index is 645. The quantitative estimate of drug-likeness (QED) is 0.933. The molecule has 0 saturated carbocycles. The Morgan fingerprint density at radius 2 is 1.91 bits per heavy atom. The normalized spacial score (nSPS) is 18.3. The van der Waals surface area contributed by atoms with Crippen molar-refractivity contribution in [3.63, 3.8) is 0 Å². The Kier molecular flexibility index (Phi) is 5.05. The van der Waals surface area contributed by atoms with Gasteiger partial charge in [-0.05, 0) is 56.5 Å². The molecular formula is C18H24ClN3O. The maximum absolute atomic E-state index is 10.6. The second-order valence-electron chi connectivity index (χ2n) is 6.49. The number of likely N-dealkylation sites (tertiary alicyclic amines) is 1. The first-order valence-corrected chi connectivity index (χ1v) is 8.55. The van der Waals surface area contributed by atoms with Gasteiger partial charge < -0.3 is 5.11 Å². The lowest BCUT2D eigenvalue weighted by Gasteiger charge is -2.34. The van der Waals surface area contributed by atoms with Crippen molar-refractivity contribution in [2.45, 2.75) is 32.4 Å². The van der Waals surface area contributed by atoms with Gasteiger partial charge in [-0.1, -0.05) is 23.7 Å². The number of nitrogens with zero attached hydrogens (tertiary/aromatic N) is 3. The molecule has 23 heavy (non-hydrogen) atoms. The zero-order valence-corrected chi connectivity index (χ0v) is 14.5. The first-order chi connectivity index (χ1) is 11.0. The van der Waals surface area contributed by atoms with Crippen LogP contribution in [0.2, 0.25) is 5.02 Å². The van der Waals surface area contributed by atoms with E-state index in [1.807, 2.05) is 42.2 Å². The highest BCUT2D eigenvalue weighted by Crippen LogP contribution is 2.31. The molecule has 4 nitrogen and oxygen atoms in total. The first kappa shape index (κ1) is 16.5.